The molecule has 1 aromatic heterocycles. The molecule has 0 N–H and O–H groups in total. The smallest absolute Gasteiger partial charge is 0.135 e. The van der Waals surface area contributed by atoms with E-state index in [2.05, 4.69) is 66.7 Å². The number of alkyl halides is 3. The second-order valence-electron chi connectivity index (χ2n) is 6.97. The molecule has 4 heteroatoms. The van der Waals surface area contributed by atoms with Crippen LogP contribution >= 0.6 is 46.1 Å². The van der Waals surface area contributed by atoms with Gasteiger partial charge in [-0.15, -0.1) is 11.3 Å². The van der Waals surface area contributed by atoms with Gasteiger partial charge in [-0.2, -0.15) is 0 Å². The van der Waals surface area contributed by atoms with Crippen LogP contribution in [-0.2, 0) is 3.79 Å². The van der Waals surface area contributed by atoms with Gasteiger partial charge in [0.05, 0.1) is 0 Å². The van der Waals surface area contributed by atoms with Gasteiger partial charge in [-0.3, -0.25) is 0 Å². The van der Waals surface area contributed by atoms with Crippen LogP contribution in [0, 0.1) is 0 Å². The Hall–Kier alpha value is -2.03. The topological polar surface area (TPSA) is 0 Å². The standard InChI is InChI=1S/C25H15Cl3S/c26-25(27,28)20-10-8-16(9-11-20)23-12-13-24(29-23)21-7-3-6-19-14-17-4-1-2-5-18(17)15-22(19)21/h1-15H. The predicted molar refractivity (Wildman–Crippen MR) is 129 cm³/mol. The quantitative estimate of drug-likeness (QED) is 0.184. The molecule has 0 aliphatic rings. The predicted octanol–water partition coefficient (Wildman–Crippen LogP) is 9.22. The summed E-state index contributed by atoms with van der Waals surface area (Å²) >= 11 is 19.7. The first-order valence-electron chi connectivity index (χ1n) is 9.18. The maximum absolute atomic E-state index is 5.97. The molecular formula is C25H15Cl3S. The summed E-state index contributed by atoms with van der Waals surface area (Å²) in [6.07, 6.45) is 0. The van der Waals surface area contributed by atoms with Crippen molar-refractivity contribution in [1.29, 1.82) is 0 Å². The summed E-state index contributed by atoms with van der Waals surface area (Å²) in [5.41, 5.74) is 3.04. The number of halogens is 3. The molecule has 1 heterocycles. The fourth-order valence-electron chi connectivity index (χ4n) is 3.64. The Balaban J connectivity index is 1.58. The van der Waals surface area contributed by atoms with Crippen molar-refractivity contribution in [2.75, 3.05) is 0 Å². The summed E-state index contributed by atoms with van der Waals surface area (Å²) < 4.78 is -1.40. The van der Waals surface area contributed by atoms with Gasteiger partial charge in [0.25, 0.3) is 0 Å². The monoisotopic (exact) mass is 452 g/mol. The van der Waals surface area contributed by atoms with E-state index in [1.807, 2.05) is 24.3 Å². The van der Waals surface area contributed by atoms with Crippen molar-refractivity contribution in [2.24, 2.45) is 0 Å². The largest absolute Gasteiger partial charge is 0.216 e. The van der Waals surface area contributed by atoms with E-state index in [1.54, 1.807) is 11.3 Å². The zero-order valence-corrected chi connectivity index (χ0v) is 18.3. The minimum atomic E-state index is -1.40. The van der Waals surface area contributed by atoms with Crippen LogP contribution in [0.5, 0.6) is 0 Å². The minimum absolute atomic E-state index is 0.670. The van der Waals surface area contributed by atoms with Crippen molar-refractivity contribution in [1.82, 2.24) is 0 Å². The number of hydrogen-bond acceptors (Lipinski definition) is 1. The highest BCUT2D eigenvalue weighted by atomic mass is 35.6. The number of benzene rings is 4. The van der Waals surface area contributed by atoms with Crippen LogP contribution in [0.15, 0.2) is 91.0 Å². The van der Waals surface area contributed by atoms with Crippen LogP contribution in [0.25, 0.3) is 42.4 Å². The van der Waals surface area contributed by atoms with Gasteiger partial charge < -0.3 is 0 Å². The molecule has 0 saturated heterocycles. The highest BCUT2D eigenvalue weighted by Crippen LogP contribution is 2.41. The molecule has 4 aromatic carbocycles. The molecule has 0 amide bonds. The summed E-state index contributed by atoms with van der Waals surface area (Å²) in [7, 11) is 0. The van der Waals surface area contributed by atoms with E-state index in [0.717, 1.165) is 5.56 Å². The third-order valence-electron chi connectivity index (χ3n) is 5.11. The van der Waals surface area contributed by atoms with Crippen molar-refractivity contribution in [3.05, 3.63) is 96.6 Å². The maximum Gasteiger partial charge on any atom is 0.216 e. The van der Waals surface area contributed by atoms with Crippen molar-refractivity contribution in [3.8, 4) is 20.9 Å². The fraction of sp³-hybridized carbons (Fsp3) is 0.0400. The molecule has 0 fully saturated rings. The van der Waals surface area contributed by atoms with E-state index in [4.69, 9.17) is 34.8 Å². The zero-order valence-electron chi connectivity index (χ0n) is 15.2. The molecule has 0 aliphatic carbocycles. The van der Waals surface area contributed by atoms with Crippen LogP contribution < -0.4 is 0 Å². The lowest BCUT2D eigenvalue weighted by atomic mass is 9.99. The Morgan fingerprint density at radius 3 is 1.97 bits per heavy atom. The van der Waals surface area contributed by atoms with Crippen LogP contribution in [-0.4, -0.2) is 0 Å². The molecular weight excluding hydrogens is 439 g/mol. The number of rotatable bonds is 2. The lowest BCUT2D eigenvalue weighted by Crippen LogP contribution is -1.98. The lowest BCUT2D eigenvalue weighted by molar-refractivity contribution is 1.24. The first kappa shape index (κ1) is 19.0. The summed E-state index contributed by atoms with van der Waals surface area (Å²) in [5, 5.41) is 5.04. The van der Waals surface area contributed by atoms with Crippen molar-refractivity contribution in [3.63, 3.8) is 0 Å². The second kappa shape index (κ2) is 7.34. The first-order chi connectivity index (χ1) is 14.0. The molecule has 0 bridgehead atoms. The van der Waals surface area contributed by atoms with Gasteiger partial charge in [0.1, 0.15) is 0 Å². The van der Waals surface area contributed by atoms with E-state index < -0.39 is 3.79 Å². The SMILES string of the molecule is ClC(Cl)(Cl)c1ccc(-c2ccc(-c3cccc4cc5ccccc5cc34)s2)cc1. The number of fused-ring (bicyclic) bond motifs is 2. The molecule has 5 rings (SSSR count). The Labute approximate surface area is 188 Å². The highest BCUT2D eigenvalue weighted by molar-refractivity contribution is 7.18. The van der Waals surface area contributed by atoms with Gasteiger partial charge in [-0.1, -0.05) is 102 Å². The molecule has 0 radical (unpaired) electrons. The summed E-state index contributed by atoms with van der Waals surface area (Å²) in [6.45, 7) is 0. The molecule has 142 valence electrons. The molecule has 0 nitrogen and oxygen atoms in total. The lowest BCUT2D eigenvalue weighted by Gasteiger charge is -2.11. The summed E-state index contributed by atoms with van der Waals surface area (Å²) in [6, 6.07) is 31.6. The summed E-state index contributed by atoms with van der Waals surface area (Å²) in [4.78, 5) is 2.43. The molecule has 0 spiro atoms. The van der Waals surface area contributed by atoms with Crippen molar-refractivity contribution >= 4 is 67.7 Å². The van der Waals surface area contributed by atoms with Gasteiger partial charge in [0.15, 0.2) is 0 Å². The Morgan fingerprint density at radius 1 is 0.586 bits per heavy atom. The van der Waals surface area contributed by atoms with E-state index >= 15 is 0 Å². The van der Waals surface area contributed by atoms with Crippen LogP contribution in [0.4, 0.5) is 0 Å². The maximum atomic E-state index is 5.97. The normalized spacial score (nSPS) is 12.0. The summed E-state index contributed by atoms with van der Waals surface area (Å²) in [5.74, 6) is 0. The average molecular weight is 454 g/mol. The van der Waals surface area contributed by atoms with Gasteiger partial charge in [-0.05, 0) is 56.9 Å². The number of thiophene rings is 1. The van der Waals surface area contributed by atoms with E-state index in [0.29, 0.717) is 5.56 Å². The molecule has 0 unspecified atom stereocenters. The third kappa shape index (κ3) is 3.65. The Bertz CT molecular complexity index is 1330. The Morgan fingerprint density at radius 2 is 1.24 bits per heavy atom. The molecule has 0 saturated carbocycles. The number of hydrogen-bond donors (Lipinski definition) is 0. The van der Waals surface area contributed by atoms with Gasteiger partial charge in [0, 0.05) is 15.3 Å². The zero-order chi connectivity index (χ0) is 20.0. The van der Waals surface area contributed by atoms with Crippen LogP contribution in [0.1, 0.15) is 5.56 Å². The Kier molecular flexibility index (Phi) is 4.80. The van der Waals surface area contributed by atoms with Crippen molar-refractivity contribution in [2.45, 2.75) is 3.79 Å². The van der Waals surface area contributed by atoms with Gasteiger partial charge in [0.2, 0.25) is 3.79 Å². The van der Waals surface area contributed by atoms with Crippen LogP contribution in [0.3, 0.4) is 0 Å². The average Bonchev–Trinajstić information content (AvgIpc) is 3.21. The van der Waals surface area contributed by atoms with E-state index in [-0.39, 0.29) is 0 Å². The molecule has 0 aliphatic heterocycles. The first-order valence-corrected chi connectivity index (χ1v) is 11.1. The van der Waals surface area contributed by atoms with Gasteiger partial charge >= 0.3 is 0 Å². The minimum Gasteiger partial charge on any atom is -0.135 e. The highest BCUT2D eigenvalue weighted by Gasteiger charge is 2.22. The van der Waals surface area contributed by atoms with E-state index in [9.17, 15) is 0 Å². The fourth-order valence-corrected chi connectivity index (χ4v) is 5.07. The van der Waals surface area contributed by atoms with E-state index in [1.165, 1.54) is 36.9 Å². The van der Waals surface area contributed by atoms with Gasteiger partial charge in [-0.25, -0.2) is 0 Å². The molecule has 5 aromatic rings. The molecule has 29 heavy (non-hydrogen) atoms. The second-order valence-corrected chi connectivity index (χ2v) is 10.3. The third-order valence-corrected chi connectivity index (χ3v) is 6.94. The van der Waals surface area contributed by atoms with Crippen molar-refractivity contribution < 1.29 is 0 Å². The molecule has 0 atom stereocenters. The van der Waals surface area contributed by atoms with Crippen LogP contribution in [0.2, 0.25) is 0 Å².